The summed E-state index contributed by atoms with van der Waals surface area (Å²) in [5.41, 5.74) is 1.33. The van der Waals surface area contributed by atoms with Crippen LogP contribution in [-0.4, -0.2) is 16.8 Å². The van der Waals surface area contributed by atoms with E-state index in [0.29, 0.717) is 12.8 Å². The first-order valence-corrected chi connectivity index (χ1v) is 6.69. The van der Waals surface area contributed by atoms with Crippen molar-refractivity contribution in [2.75, 3.05) is 7.05 Å². The second-order valence-electron chi connectivity index (χ2n) is 4.61. The van der Waals surface area contributed by atoms with Gasteiger partial charge in [-0.05, 0) is 38.1 Å². The lowest BCUT2D eigenvalue weighted by Crippen LogP contribution is -2.19. The molecule has 1 heterocycles. The molecule has 3 nitrogen and oxygen atoms in total. The molecule has 20 heavy (non-hydrogen) atoms. The number of nitrogens with one attached hydrogen (secondary N) is 1. The Bertz CT molecular complexity index is 598. The average molecular weight is 300 g/mol. The standard InChI is InChI=1S/C14H16ClF2N3/c1-18-14(4-3-9-5-6-19-20(9)2)10-7-13(17)11(15)8-12(10)16/h5-8,14,18H,3-4H2,1-2H3. The van der Waals surface area contributed by atoms with Gasteiger partial charge in [0.15, 0.2) is 0 Å². The fourth-order valence-electron chi connectivity index (χ4n) is 2.20. The van der Waals surface area contributed by atoms with Crippen molar-refractivity contribution in [2.45, 2.75) is 18.9 Å². The van der Waals surface area contributed by atoms with E-state index >= 15 is 0 Å². The summed E-state index contributed by atoms with van der Waals surface area (Å²) in [6.07, 6.45) is 3.06. The minimum absolute atomic E-state index is 0.201. The van der Waals surface area contributed by atoms with Gasteiger partial charge in [0, 0.05) is 30.5 Å². The molecule has 2 rings (SSSR count). The van der Waals surface area contributed by atoms with Gasteiger partial charge in [-0.3, -0.25) is 4.68 Å². The second-order valence-corrected chi connectivity index (χ2v) is 5.02. The zero-order valence-electron chi connectivity index (χ0n) is 11.3. The van der Waals surface area contributed by atoms with Crippen LogP contribution in [-0.2, 0) is 13.5 Å². The van der Waals surface area contributed by atoms with Crippen LogP contribution in [0.25, 0.3) is 0 Å². The first-order chi connectivity index (χ1) is 9.52. The number of hydrogen-bond acceptors (Lipinski definition) is 2. The molecule has 1 N–H and O–H groups in total. The highest BCUT2D eigenvalue weighted by Gasteiger charge is 2.17. The van der Waals surface area contributed by atoms with Crippen LogP contribution in [0.2, 0.25) is 5.02 Å². The first-order valence-electron chi connectivity index (χ1n) is 6.31. The maximum Gasteiger partial charge on any atom is 0.142 e. The summed E-state index contributed by atoms with van der Waals surface area (Å²) in [6.45, 7) is 0. The summed E-state index contributed by atoms with van der Waals surface area (Å²) in [5, 5.41) is 6.89. The number of halogens is 3. The van der Waals surface area contributed by atoms with Crippen LogP contribution in [0, 0.1) is 11.6 Å². The van der Waals surface area contributed by atoms with Gasteiger partial charge < -0.3 is 5.32 Å². The summed E-state index contributed by atoms with van der Waals surface area (Å²) in [6, 6.07) is 3.80. The molecule has 0 spiro atoms. The number of aryl methyl sites for hydroxylation is 2. The third kappa shape index (κ3) is 3.16. The third-order valence-corrected chi connectivity index (χ3v) is 3.66. The van der Waals surface area contributed by atoms with Gasteiger partial charge in [0.1, 0.15) is 11.6 Å². The number of rotatable bonds is 5. The Morgan fingerprint density at radius 1 is 1.35 bits per heavy atom. The lowest BCUT2D eigenvalue weighted by atomic mass is 10.0. The van der Waals surface area contributed by atoms with Gasteiger partial charge in [0.25, 0.3) is 0 Å². The third-order valence-electron chi connectivity index (χ3n) is 3.38. The number of aromatic nitrogens is 2. The Hall–Kier alpha value is -1.46. The fraction of sp³-hybridized carbons (Fsp3) is 0.357. The van der Waals surface area contributed by atoms with Crippen LogP contribution in [0.15, 0.2) is 24.4 Å². The maximum absolute atomic E-state index is 13.9. The van der Waals surface area contributed by atoms with Crippen LogP contribution in [0.5, 0.6) is 0 Å². The highest BCUT2D eigenvalue weighted by molar-refractivity contribution is 6.30. The van der Waals surface area contributed by atoms with Gasteiger partial charge in [0.05, 0.1) is 5.02 Å². The monoisotopic (exact) mass is 299 g/mol. The Labute approximate surface area is 121 Å². The molecule has 1 aromatic carbocycles. The smallest absolute Gasteiger partial charge is 0.142 e. The molecule has 0 saturated heterocycles. The Balaban J connectivity index is 2.16. The van der Waals surface area contributed by atoms with Crippen LogP contribution >= 0.6 is 11.6 Å². The van der Waals surface area contributed by atoms with Crippen molar-refractivity contribution in [3.63, 3.8) is 0 Å². The largest absolute Gasteiger partial charge is 0.313 e. The molecule has 1 aromatic heterocycles. The Kier molecular flexibility index (Phi) is 4.73. The van der Waals surface area contributed by atoms with E-state index in [-0.39, 0.29) is 16.6 Å². The van der Waals surface area contributed by atoms with E-state index in [1.54, 1.807) is 17.9 Å². The minimum atomic E-state index is -0.608. The molecule has 0 radical (unpaired) electrons. The zero-order valence-corrected chi connectivity index (χ0v) is 12.1. The predicted octanol–water partition coefficient (Wildman–Crippen LogP) is 3.25. The van der Waals surface area contributed by atoms with Crippen molar-refractivity contribution < 1.29 is 8.78 Å². The molecular formula is C14H16ClF2N3. The molecule has 0 aliphatic heterocycles. The van der Waals surface area contributed by atoms with E-state index in [0.717, 1.165) is 17.8 Å². The van der Waals surface area contributed by atoms with Gasteiger partial charge >= 0.3 is 0 Å². The van der Waals surface area contributed by atoms with E-state index < -0.39 is 11.6 Å². The average Bonchev–Trinajstić information content (AvgIpc) is 2.81. The maximum atomic E-state index is 13.9. The van der Waals surface area contributed by atoms with E-state index in [1.807, 2.05) is 13.1 Å². The highest BCUT2D eigenvalue weighted by Crippen LogP contribution is 2.26. The van der Waals surface area contributed by atoms with Crippen molar-refractivity contribution >= 4 is 11.6 Å². The summed E-state index contributed by atoms with van der Waals surface area (Å²) in [5.74, 6) is -1.11. The lowest BCUT2D eigenvalue weighted by Gasteiger charge is -2.18. The normalized spacial score (nSPS) is 12.7. The van der Waals surface area contributed by atoms with Crippen LogP contribution in [0.4, 0.5) is 8.78 Å². The number of benzene rings is 1. The Morgan fingerprint density at radius 2 is 2.10 bits per heavy atom. The molecule has 0 amide bonds. The predicted molar refractivity (Wildman–Crippen MR) is 74.7 cm³/mol. The summed E-state index contributed by atoms with van der Waals surface area (Å²) in [4.78, 5) is 0. The van der Waals surface area contributed by atoms with E-state index in [2.05, 4.69) is 10.4 Å². The van der Waals surface area contributed by atoms with Crippen LogP contribution < -0.4 is 5.32 Å². The molecule has 0 aliphatic rings. The SMILES string of the molecule is CNC(CCc1ccnn1C)c1cc(F)c(Cl)cc1F. The van der Waals surface area contributed by atoms with Crippen molar-refractivity contribution in [1.82, 2.24) is 15.1 Å². The van der Waals surface area contributed by atoms with Crippen molar-refractivity contribution in [3.05, 3.63) is 52.3 Å². The number of nitrogens with zero attached hydrogens (tertiary/aromatic N) is 2. The van der Waals surface area contributed by atoms with Gasteiger partial charge in [0.2, 0.25) is 0 Å². The highest BCUT2D eigenvalue weighted by atomic mass is 35.5. The Morgan fingerprint density at radius 3 is 2.70 bits per heavy atom. The minimum Gasteiger partial charge on any atom is -0.313 e. The lowest BCUT2D eigenvalue weighted by molar-refractivity contribution is 0.494. The molecule has 0 aliphatic carbocycles. The van der Waals surface area contributed by atoms with E-state index in [4.69, 9.17) is 11.6 Å². The summed E-state index contributed by atoms with van der Waals surface area (Å²) < 4.78 is 29.2. The topological polar surface area (TPSA) is 29.9 Å². The van der Waals surface area contributed by atoms with Crippen molar-refractivity contribution in [3.8, 4) is 0 Å². The van der Waals surface area contributed by atoms with E-state index in [1.165, 1.54) is 0 Å². The molecule has 1 atom stereocenters. The molecule has 0 bridgehead atoms. The van der Waals surface area contributed by atoms with Gasteiger partial charge in [-0.1, -0.05) is 11.6 Å². The van der Waals surface area contributed by atoms with Gasteiger partial charge in [-0.2, -0.15) is 5.10 Å². The van der Waals surface area contributed by atoms with Crippen LogP contribution in [0.3, 0.4) is 0 Å². The fourth-order valence-corrected chi connectivity index (χ4v) is 2.35. The first kappa shape index (κ1) is 14.9. The molecule has 2 aromatic rings. The van der Waals surface area contributed by atoms with Crippen molar-refractivity contribution in [1.29, 1.82) is 0 Å². The van der Waals surface area contributed by atoms with E-state index in [9.17, 15) is 8.78 Å². The van der Waals surface area contributed by atoms with Gasteiger partial charge in [-0.15, -0.1) is 0 Å². The quantitative estimate of drug-likeness (QED) is 0.859. The van der Waals surface area contributed by atoms with Crippen molar-refractivity contribution in [2.24, 2.45) is 7.05 Å². The zero-order chi connectivity index (χ0) is 14.7. The molecular weight excluding hydrogens is 284 g/mol. The molecule has 6 heteroatoms. The second kappa shape index (κ2) is 6.33. The molecule has 108 valence electrons. The number of hydrogen-bond donors (Lipinski definition) is 1. The summed E-state index contributed by atoms with van der Waals surface area (Å²) in [7, 11) is 3.58. The molecule has 1 unspecified atom stereocenters. The molecule has 0 fully saturated rings. The molecule has 0 saturated carbocycles. The van der Waals surface area contributed by atoms with Crippen LogP contribution in [0.1, 0.15) is 23.7 Å². The van der Waals surface area contributed by atoms with Gasteiger partial charge in [-0.25, -0.2) is 8.78 Å². The summed E-state index contributed by atoms with van der Waals surface area (Å²) >= 11 is 5.57.